The Morgan fingerprint density at radius 3 is 2.33 bits per heavy atom. The van der Waals surface area contributed by atoms with E-state index in [1.807, 2.05) is 32.0 Å². The second kappa shape index (κ2) is 5.49. The lowest BCUT2D eigenvalue weighted by molar-refractivity contribution is -0.137. The van der Waals surface area contributed by atoms with Crippen LogP contribution in [0.4, 0.5) is 24.5 Å². The predicted octanol–water partition coefficient (Wildman–Crippen LogP) is 4.94. The molecule has 2 aromatic carbocycles. The Bertz CT molecular complexity index is 712. The maximum atomic E-state index is 12.7. The van der Waals surface area contributed by atoms with Crippen LogP contribution < -0.4 is 5.32 Å². The monoisotopic (exact) mass is 290 g/mol. The number of benzene rings is 2. The lowest BCUT2D eigenvalue weighted by Gasteiger charge is -2.13. The number of halogens is 3. The van der Waals surface area contributed by atoms with Crippen LogP contribution in [0.3, 0.4) is 0 Å². The number of nitrogens with one attached hydrogen (secondary N) is 1. The first-order valence-electron chi connectivity index (χ1n) is 6.27. The van der Waals surface area contributed by atoms with Gasteiger partial charge < -0.3 is 5.32 Å². The van der Waals surface area contributed by atoms with E-state index < -0.39 is 11.7 Å². The minimum atomic E-state index is -4.45. The first-order chi connectivity index (χ1) is 9.81. The number of nitriles is 1. The normalized spacial score (nSPS) is 11.0. The van der Waals surface area contributed by atoms with Gasteiger partial charge >= 0.3 is 6.18 Å². The van der Waals surface area contributed by atoms with Gasteiger partial charge in [-0.2, -0.15) is 18.4 Å². The van der Waals surface area contributed by atoms with E-state index in [1.165, 1.54) is 6.07 Å². The molecule has 21 heavy (non-hydrogen) atoms. The van der Waals surface area contributed by atoms with Crippen LogP contribution in [0.2, 0.25) is 0 Å². The van der Waals surface area contributed by atoms with E-state index in [-0.39, 0.29) is 5.56 Å². The lowest BCUT2D eigenvalue weighted by Crippen LogP contribution is -2.06. The van der Waals surface area contributed by atoms with Crippen molar-refractivity contribution in [3.05, 3.63) is 58.7 Å². The summed E-state index contributed by atoms with van der Waals surface area (Å²) in [5, 5.41) is 12.1. The van der Waals surface area contributed by atoms with Crippen LogP contribution in [0.1, 0.15) is 22.3 Å². The van der Waals surface area contributed by atoms with Gasteiger partial charge in [0, 0.05) is 5.69 Å². The van der Waals surface area contributed by atoms with E-state index in [9.17, 15) is 13.2 Å². The van der Waals surface area contributed by atoms with E-state index in [1.54, 1.807) is 6.07 Å². The molecule has 1 N–H and O–H groups in total. The molecule has 5 heteroatoms. The average Bonchev–Trinajstić information content (AvgIpc) is 2.42. The highest BCUT2D eigenvalue weighted by Crippen LogP contribution is 2.33. The molecule has 0 atom stereocenters. The summed E-state index contributed by atoms with van der Waals surface area (Å²) < 4.78 is 38.0. The number of hydrogen-bond donors (Lipinski definition) is 1. The topological polar surface area (TPSA) is 35.8 Å². The number of hydrogen-bond acceptors (Lipinski definition) is 2. The Balaban J connectivity index is 2.41. The molecular weight excluding hydrogens is 277 g/mol. The molecule has 2 nitrogen and oxygen atoms in total. The van der Waals surface area contributed by atoms with E-state index in [2.05, 4.69) is 5.32 Å². The zero-order valence-corrected chi connectivity index (χ0v) is 11.5. The standard InChI is InChI=1S/C16H13F3N2/c1-10-3-4-11(2)15(7-10)21-14-6-5-13(16(17,18)19)8-12(14)9-20/h3-8,21H,1-2H3. The van der Waals surface area contributed by atoms with E-state index >= 15 is 0 Å². The molecule has 0 saturated carbocycles. The molecule has 0 aliphatic rings. The molecule has 0 spiro atoms. The van der Waals surface area contributed by atoms with Crippen molar-refractivity contribution in [1.29, 1.82) is 5.26 Å². The maximum Gasteiger partial charge on any atom is 0.416 e. The summed E-state index contributed by atoms with van der Waals surface area (Å²) >= 11 is 0. The van der Waals surface area contributed by atoms with Crippen molar-refractivity contribution in [3.8, 4) is 6.07 Å². The van der Waals surface area contributed by atoms with Crippen molar-refractivity contribution in [2.75, 3.05) is 5.32 Å². The minimum absolute atomic E-state index is 0.0364. The predicted molar refractivity (Wildman–Crippen MR) is 75.4 cm³/mol. The van der Waals surface area contributed by atoms with Gasteiger partial charge in [0.2, 0.25) is 0 Å². The summed E-state index contributed by atoms with van der Waals surface area (Å²) in [6, 6.07) is 10.6. The molecule has 0 aliphatic heterocycles. The number of rotatable bonds is 2. The summed E-state index contributed by atoms with van der Waals surface area (Å²) in [7, 11) is 0. The smallest absolute Gasteiger partial charge is 0.354 e. The second-order valence-corrected chi connectivity index (χ2v) is 4.81. The van der Waals surface area contributed by atoms with Gasteiger partial charge in [0.25, 0.3) is 0 Å². The van der Waals surface area contributed by atoms with Crippen LogP contribution >= 0.6 is 0 Å². The third kappa shape index (κ3) is 3.34. The number of aryl methyl sites for hydroxylation is 2. The highest BCUT2D eigenvalue weighted by Gasteiger charge is 2.31. The highest BCUT2D eigenvalue weighted by atomic mass is 19.4. The van der Waals surface area contributed by atoms with Gasteiger partial charge in [0.15, 0.2) is 0 Å². The average molecular weight is 290 g/mol. The molecule has 0 amide bonds. The fourth-order valence-corrected chi connectivity index (χ4v) is 1.94. The van der Waals surface area contributed by atoms with Crippen LogP contribution in [0.15, 0.2) is 36.4 Å². The Morgan fingerprint density at radius 1 is 1.00 bits per heavy atom. The summed E-state index contributed by atoms with van der Waals surface area (Å²) in [5.41, 5.74) is 2.24. The van der Waals surface area contributed by atoms with Crippen molar-refractivity contribution in [3.63, 3.8) is 0 Å². The van der Waals surface area contributed by atoms with Crippen molar-refractivity contribution >= 4 is 11.4 Å². The summed E-state index contributed by atoms with van der Waals surface area (Å²) in [6.45, 7) is 3.81. The van der Waals surface area contributed by atoms with Crippen LogP contribution in [0, 0.1) is 25.2 Å². The molecule has 0 aliphatic carbocycles. The molecule has 0 aromatic heterocycles. The molecule has 0 fully saturated rings. The minimum Gasteiger partial charge on any atom is -0.354 e. The molecule has 0 unspecified atom stereocenters. The van der Waals surface area contributed by atoms with Gasteiger partial charge in [-0.15, -0.1) is 0 Å². The van der Waals surface area contributed by atoms with Crippen molar-refractivity contribution in [2.45, 2.75) is 20.0 Å². The molecule has 2 aromatic rings. The Kier molecular flexibility index (Phi) is 3.90. The number of nitrogens with zero attached hydrogens (tertiary/aromatic N) is 1. The lowest BCUT2D eigenvalue weighted by atomic mass is 10.1. The summed E-state index contributed by atoms with van der Waals surface area (Å²) in [4.78, 5) is 0. The second-order valence-electron chi connectivity index (χ2n) is 4.81. The maximum absolute atomic E-state index is 12.7. The molecule has 0 radical (unpaired) electrons. The van der Waals surface area contributed by atoms with Gasteiger partial charge in [-0.25, -0.2) is 0 Å². The summed E-state index contributed by atoms with van der Waals surface area (Å²) in [5.74, 6) is 0. The molecule has 2 rings (SSSR count). The number of alkyl halides is 3. The van der Waals surface area contributed by atoms with E-state index in [0.717, 1.165) is 28.9 Å². The quantitative estimate of drug-likeness (QED) is 0.850. The van der Waals surface area contributed by atoms with Crippen LogP contribution in [0.25, 0.3) is 0 Å². The zero-order valence-electron chi connectivity index (χ0n) is 11.5. The zero-order chi connectivity index (χ0) is 15.6. The van der Waals surface area contributed by atoms with Gasteiger partial charge in [-0.05, 0) is 49.2 Å². The fourth-order valence-electron chi connectivity index (χ4n) is 1.94. The highest BCUT2D eigenvalue weighted by molar-refractivity contribution is 5.69. The third-order valence-corrected chi connectivity index (χ3v) is 3.13. The summed E-state index contributed by atoms with van der Waals surface area (Å²) in [6.07, 6.45) is -4.45. The first kappa shape index (κ1) is 14.9. The molecule has 0 bridgehead atoms. The Hall–Kier alpha value is -2.48. The van der Waals surface area contributed by atoms with Gasteiger partial charge in [0.05, 0.1) is 16.8 Å². The van der Waals surface area contributed by atoms with Crippen LogP contribution in [-0.2, 0) is 6.18 Å². The largest absolute Gasteiger partial charge is 0.416 e. The first-order valence-corrected chi connectivity index (χ1v) is 6.27. The fraction of sp³-hybridized carbons (Fsp3) is 0.188. The van der Waals surface area contributed by atoms with Crippen LogP contribution in [0.5, 0.6) is 0 Å². The third-order valence-electron chi connectivity index (χ3n) is 3.13. The van der Waals surface area contributed by atoms with Gasteiger partial charge in [-0.1, -0.05) is 12.1 Å². The van der Waals surface area contributed by atoms with Gasteiger partial charge in [-0.3, -0.25) is 0 Å². The molecule has 0 heterocycles. The van der Waals surface area contributed by atoms with Crippen molar-refractivity contribution in [1.82, 2.24) is 0 Å². The molecular formula is C16H13F3N2. The molecule has 108 valence electrons. The van der Waals surface area contributed by atoms with Crippen LogP contribution in [-0.4, -0.2) is 0 Å². The molecule has 0 saturated heterocycles. The van der Waals surface area contributed by atoms with Crippen molar-refractivity contribution in [2.24, 2.45) is 0 Å². The SMILES string of the molecule is Cc1ccc(C)c(Nc2ccc(C(F)(F)F)cc2C#N)c1. The Labute approximate surface area is 120 Å². The van der Waals surface area contributed by atoms with E-state index in [4.69, 9.17) is 5.26 Å². The Morgan fingerprint density at radius 2 is 1.71 bits per heavy atom. The van der Waals surface area contributed by atoms with Gasteiger partial charge in [0.1, 0.15) is 6.07 Å². The number of anilines is 2. The van der Waals surface area contributed by atoms with E-state index in [0.29, 0.717) is 5.69 Å². The van der Waals surface area contributed by atoms with Crippen molar-refractivity contribution < 1.29 is 13.2 Å².